The second-order valence-corrected chi connectivity index (χ2v) is 5.60. The largest absolute Gasteiger partial charge is 0.496 e. The van der Waals surface area contributed by atoms with E-state index in [1.54, 1.807) is 7.11 Å². The minimum Gasteiger partial charge on any atom is -0.496 e. The molecule has 3 nitrogen and oxygen atoms in total. The summed E-state index contributed by atoms with van der Waals surface area (Å²) in [5, 5.41) is 0. The van der Waals surface area contributed by atoms with Crippen LogP contribution in [0.15, 0.2) is 30.9 Å². The van der Waals surface area contributed by atoms with Crippen LogP contribution >= 0.6 is 0 Å². The summed E-state index contributed by atoms with van der Waals surface area (Å²) in [7, 11) is 1.71. The molecule has 0 saturated carbocycles. The van der Waals surface area contributed by atoms with Crippen LogP contribution in [0.1, 0.15) is 36.4 Å². The fraction of sp³-hybridized carbons (Fsp3) is 0.529. The Kier molecular flexibility index (Phi) is 5.21. The molecule has 1 aromatic carbocycles. The van der Waals surface area contributed by atoms with Crippen LogP contribution in [0.2, 0.25) is 0 Å². The van der Waals surface area contributed by atoms with Gasteiger partial charge in [0.2, 0.25) is 0 Å². The average Bonchev–Trinajstić information content (AvgIpc) is 2.48. The molecule has 0 radical (unpaired) electrons. The van der Waals surface area contributed by atoms with Gasteiger partial charge in [-0.15, -0.1) is 6.58 Å². The van der Waals surface area contributed by atoms with E-state index in [2.05, 4.69) is 36.6 Å². The fourth-order valence-electron chi connectivity index (χ4n) is 3.08. The van der Waals surface area contributed by atoms with Crippen molar-refractivity contribution in [3.05, 3.63) is 42.0 Å². The Bertz CT molecular complexity index is 458. The molecule has 0 spiro atoms. The standard InChI is InChI=1S/C17H26N2O/c1-4-10-19-11-6-5-7-15(19)17(18)14-9-8-13(2)16(12-14)20-3/h4,8-9,12,15,17H,1,5-7,10-11,18H2,2-3H3/t15-,17?/m0/s1. The molecule has 1 unspecified atom stereocenters. The number of benzene rings is 1. The Labute approximate surface area is 122 Å². The number of nitrogens with zero attached hydrogens (tertiary/aromatic N) is 1. The first-order valence-electron chi connectivity index (χ1n) is 7.42. The highest BCUT2D eigenvalue weighted by molar-refractivity contribution is 5.38. The summed E-state index contributed by atoms with van der Waals surface area (Å²) < 4.78 is 5.41. The van der Waals surface area contributed by atoms with Crippen molar-refractivity contribution in [1.29, 1.82) is 0 Å². The van der Waals surface area contributed by atoms with E-state index < -0.39 is 0 Å². The lowest BCUT2D eigenvalue weighted by atomic mass is 9.91. The minimum atomic E-state index is 0.0322. The van der Waals surface area contributed by atoms with E-state index in [-0.39, 0.29) is 6.04 Å². The summed E-state index contributed by atoms with van der Waals surface area (Å²) in [5.41, 5.74) is 8.84. The quantitative estimate of drug-likeness (QED) is 0.839. The number of aryl methyl sites for hydroxylation is 1. The van der Waals surface area contributed by atoms with Gasteiger partial charge in [0.15, 0.2) is 0 Å². The molecule has 110 valence electrons. The van der Waals surface area contributed by atoms with Crippen LogP contribution in [0.3, 0.4) is 0 Å². The van der Waals surface area contributed by atoms with E-state index in [1.807, 2.05) is 6.08 Å². The highest BCUT2D eigenvalue weighted by Gasteiger charge is 2.28. The van der Waals surface area contributed by atoms with E-state index in [0.29, 0.717) is 6.04 Å². The Hall–Kier alpha value is -1.32. The predicted octanol–water partition coefficient (Wildman–Crippen LogP) is 3.04. The molecular formula is C17H26N2O. The maximum atomic E-state index is 6.53. The number of piperidine rings is 1. The summed E-state index contributed by atoms with van der Waals surface area (Å²) in [5.74, 6) is 0.920. The minimum absolute atomic E-state index is 0.0322. The van der Waals surface area contributed by atoms with Crippen LogP contribution in [-0.2, 0) is 0 Å². The maximum Gasteiger partial charge on any atom is 0.122 e. The Morgan fingerprint density at radius 2 is 2.30 bits per heavy atom. The normalized spacial score (nSPS) is 21.4. The van der Waals surface area contributed by atoms with Crippen molar-refractivity contribution < 1.29 is 4.74 Å². The number of ether oxygens (including phenoxy) is 1. The summed E-state index contributed by atoms with van der Waals surface area (Å²) in [4.78, 5) is 2.45. The van der Waals surface area contributed by atoms with Gasteiger partial charge in [-0.25, -0.2) is 0 Å². The van der Waals surface area contributed by atoms with Gasteiger partial charge in [0, 0.05) is 18.6 Å². The third-order valence-corrected chi connectivity index (χ3v) is 4.26. The van der Waals surface area contributed by atoms with Gasteiger partial charge in [0.1, 0.15) is 5.75 Å². The first-order chi connectivity index (χ1) is 9.67. The van der Waals surface area contributed by atoms with Crippen molar-refractivity contribution >= 4 is 0 Å². The smallest absolute Gasteiger partial charge is 0.122 e. The molecule has 1 aromatic rings. The topological polar surface area (TPSA) is 38.5 Å². The average molecular weight is 274 g/mol. The second-order valence-electron chi connectivity index (χ2n) is 5.60. The van der Waals surface area contributed by atoms with Crippen molar-refractivity contribution in [2.75, 3.05) is 20.2 Å². The zero-order valence-corrected chi connectivity index (χ0v) is 12.6. The number of likely N-dealkylation sites (tertiary alicyclic amines) is 1. The predicted molar refractivity (Wildman–Crippen MR) is 84.1 cm³/mol. The van der Waals surface area contributed by atoms with E-state index >= 15 is 0 Å². The summed E-state index contributed by atoms with van der Waals surface area (Å²) in [6, 6.07) is 6.73. The zero-order chi connectivity index (χ0) is 14.5. The molecule has 20 heavy (non-hydrogen) atoms. The molecule has 1 aliphatic rings. The Balaban J connectivity index is 2.19. The van der Waals surface area contributed by atoms with Crippen molar-refractivity contribution in [3.63, 3.8) is 0 Å². The van der Waals surface area contributed by atoms with Crippen molar-refractivity contribution in [1.82, 2.24) is 4.90 Å². The van der Waals surface area contributed by atoms with E-state index in [1.165, 1.54) is 12.8 Å². The molecule has 2 atom stereocenters. The highest BCUT2D eigenvalue weighted by Crippen LogP contribution is 2.29. The number of rotatable bonds is 5. The van der Waals surface area contributed by atoms with Gasteiger partial charge in [-0.05, 0) is 43.5 Å². The van der Waals surface area contributed by atoms with Gasteiger partial charge in [-0.2, -0.15) is 0 Å². The Morgan fingerprint density at radius 3 is 3.00 bits per heavy atom. The molecule has 0 bridgehead atoms. The molecular weight excluding hydrogens is 248 g/mol. The lowest BCUT2D eigenvalue weighted by Crippen LogP contribution is -2.45. The van der Waals surface area contributed by atoms with Crippen molar-refractivity contribution in [2.24, 2.45) is 5.73 Å². The van der Waals surface area contributed by atoms with E-state index in [0.717, 1.165) is 36.4 Å². The third-order valence-electron chi connectivity index (χ3n) is 4.26. The lowest BCUT2D eigenvalue weighted by Gasteiger charge is -2.38. The van der Waals surface area contributed by atoms with Gasteiger partial charge in [-0.3, -0.25) is 4.90 Å². The van der Waals surface area contributed by atoms with Crippen LogP contribution < -0.4 is 10.5 Å². The van der Waals surface area contributed by atoms with E-state index in [9.17, 15) is 0 Å². The van der Waals surface area contributed by atoms with Gasteiger partial charge in [0.25, 0.3) is 0 Å². The molecule has 1 heterocycles. The molecule has 1 fully saturated rings. The maximum absolute atomic E-state index is 6.53. The molecule has 2 rings (SSSR count). The molecule has 0 aromatic heterocycles. The van der Waals surface area contributed by atoms with Crippen LogP contribution in [0, 0.1) is 6.92 Å². The summed E-state index contributed by atoms with van der Waals surface area (Å²) >= 11 is 0. The van der Waals surface area contributed by atoms with Crippen LogP contribution in [0.5, 0.6) is 5.75 Å². The van der Waals surface area contributed by atoms with Gasteiger partial charge in [-0.1, -0.05) is 24.6 Å². The van der Waals surface area contributed by atoms with Crippen LogP contribution in [-0.4, -0.2) is 31.1 Å². The third kappa shape index (κ3) is 3.22. The van der Waals surface area contributed by atoms with Crippen LogP contribution in [0.25, 0.3) is 0 Å². The highest BCUT2D eigenvalue weighted by atomic mass is 16.5. The number of nitrogens with two attached hydrogens (primary N) is 1. The Morgan fingerprint density at radius 1 is 1.50 bits per heavy atom. The monoisotopic (exact) mass is 274 g/mol. The van der Waals surface area contributed by atoms with E-state index in [4.69, 9.17) is 10.5 Å². The lowest BCUT2D eigenvalue weighted by molar-refractivity contribution is 0.141. The SMILES string of the molecule is C=CCN1CCCC[C@H]1C(N)c1ccc(C)c(OC)c1. The zero-order valence-electron chi connectivity index (χ0n) is 12.6. The first-order valence-corrected chi connectivity index (χ1v) is 7.42. The summed E-state index contributed by atoms with van der Waals surface area (Å²) in [6.45, 7) is 7.95. The van der Waals surface area contributed by atoms with Gasteiger partial charge < -0.3 is 10.5 Å². The number of methoxy groups -OCH3 is 1. The van der Waals surface area contributed by atoms with Crippen molar-refractivity contribution in [3.8, 4) is 5.75 Å². The molecule has 0 aliphatic carbocycles. The molecule has 2 N–H and O–H groups in total. The molecule has 1 aliphatic heterocycles. The van der Waals surface area contributed by atoms with Gasteiger partial charge >= 0.3 is 0 Å². The molecule has 3 heteroatoms. The van der Waals surface area contributed by atoms with Gasteiger partial charge in [0.05, 0.1) is 7.11 Å². The number of hydrogen-bond acceptors (Lipinski definition) is 3. The van der Waals surface area contributed by atoms with Crippen LogP contribution in [0.4, 0.5) is 0 Å². The molecule has 1 saturated heterocycles. The molecule has 0 amide bonds. The van der Waals surface area contributed by atoms with Crippen molar-refractivity contribution in [2.45, 2.75) is 38.3 Å². The number of hydrogen-bond donors (Lipinski definition) is 1. The second kappa shape index (κ2) is 6.91. The first kappa shape index (κ1) is 15.1. The summed E-state index contributed by atoms with van der Waals surface area (Å²) in [6.07, 6.45) is 5.65. The fourth-order valence-corrected chi connectivity index (χ4v) is 3.08.